The zero-order valence-corrected chi connectivity index (χ0v) is 14.9. The van der Waals surface area contributed by atoms with Gasteiger partial charge in [-0.05, 0) is 36.8 Å². The molecule has 1 aromatic carbocycles. The first-order valence-corrected chi connectivity index (χ1v) is 8.75. The predicted molar refractivity (Wildman–Crippen MR) is 100 cm³/mol. The van der Waals surface area contributed by atoms with Crippen molar-refractivity contribution in [1.82, 2.24) is 15.1 Å². The van der Waals surface area contributed by atoms with E-state index in [9.17, 15) is 9.59 Å². The van der Waals surface area contributed by atoms with Gasteiger partial charge in [0, 0.05) is 30.9 Å². The Labute approximate surface area is 159 Å². The third-order valence-electron chi connectivity index (χ3n) is 4.10. The number of aryl methyl sites for hydroxylation is 1. The summed E-state index contributed by atoms with van der Waals surface area (Å²) in [7, 11) is 0. The van der Waals surface area contributed by atoms with Crippen molar-refractivity contribution >= 4 is 11.7 Å². The summed E-state index contributed by atoms with van der Waals surface area (Å²) in [6.45, 7) is 0.937. The largest absolute Gasteiger partial charge is 0.463 e. The number of rotatable bonds is 6. The molecule has 144 valence electrons. The smallest absolute Gasteiger partial charge is 0.319 e. The van der Waals surface area contributed by atoms with Crippen molar-refractivity contribution in [1.29, 1.82) is 0 Å². The first kappa shape index (κ1) is 17.7. The second-order valence-corrected chi connectivity index (χ2v) is 6.06. The van der Waals surface area contributed by atoms with Crippen molar-refractivity contribution in [3.05, 3.63) is 59.1 Å². The molecular formula is C19H18N4O5. The maximum absolute atomic E-state index is 12.0. The molecule has 9 nitrogen and oxygen atoms in total. The lowest BCUT2D eigenvalue weighted by molar-refractivity contribution is 0.174. The Morgan fingerprint density at radius 3 is 2.89 bits per heavy atom. The molecule has 0 saturated carbocycles. The van der Waals surface area contributed by atoms with Crippen molar-refractivity contribution in [2.24, 2.45) is 0 Å². The second-order valence-electron chi connectivity index (χ2n) is 6.06. The maximum Gasteiger partial charge on any atom is 0.319 e. The van der Waals surface area contributed by atoms with Gasteiger partial charge in [0.1, 0.15) is 5.69 Å². The SMILES string of the molecule is O=C(NCCCn1nc(-c2ccco2)ccc1=O)Nc1ccc2c(c1)OCO2. The van der Waals surface area contributed by atoms with Crippen LogP contribution in [0.15, 0.2) is 57.9 Å². The molecule has 1 aliphatic rings. The van der Waals surface area contributed by atoms with Crippen molar-refractivity contribution in [3.8, 4) is 23.0 Å². The highest BCUT2D eigenvalue weighted by Crippen LogP contribution is 2.34. The first-order chi connectivity index (χ1) is 13.7. The number of nitrogens with zero attached hydrogens (tertiary/aromatic N) is 2. The van der Waals surface area contributed by atoms with E-state index in [1.807, 2.05) is 0 Å². The van der Waals surface area contributed by atoms with E-state index in [1.54, 1.807) is 42.7 Å². The standard InChI is InChI=1S/C19H18N4O5/c24-18-7-5-14(15-3-1-10-26-15)22-23(18)9-2-8-20-19(25)21-13-4-6-16-17(11-13)28-12-27-16/h1,3-7,10-11H,2,8-9,12H2,(H2,20,21,25). The van der Waals surface area contributed by atoms with Gasteiger partial charge >= 0.3 is 6.03 Å². The normalized spacial score (nSPS) is 12.0. The highest BCUT2D eigenvalue weighted by atomic mass is 16.7. The molecule has 28 heavy (non-hydrogen) atoms. The molecule has 3 heterocycles. The Morgan fingerprint density at radius 2 is 2.04 bits per heavy atom. The van der Waals surface area contributed by atoms with Gasteiger partial charge in [0.15, 0.2) is 17.3 Å². The number of nitrogens with one attached hydrogen (secondary N) is 2. The molecule has 2 aromatic heterocycles. The molecule has 9 heteroatoms. The number of fused-ring (bicyclic) bond motifs is 1. The minimum Gasteiger partial charge on any atom is -0.463 e. The molecule has 0 radical (unpaired) electrons. The van der Waals surface area contributed by atoms with Crippen molar-refractivity contribution < 1.29 is 18.7 Å². The Hall–Kier alpha value is -3.75. The fourth-order valence-corrected chi connectivity index (χ4v) is 2.75. The summed E-state index contributed by atoms with van der Waals surface area (Å²) in [4.78, 5) is 24.0. The second kappa shape index (κ2) is 7.87. The fourth-order valence-electron chi connectivity index (χ4n) is 2.75. The zero-order chi connectivity index (χ0) is 19.3. The molecule has 0 saturated heterocycles. The van der Waals surface area contributed by atoms with Gasteiger partial charge < -0.3 is 24.5 Å². The highest BCUT2D eigenvalue weighted by Gasteiger charge is 2.14. The van der Waals surface area contributed by atoms with Crippen LogP contribution >= 0.6 is 0 Å². The van der Waals surface area contributed by atoms with Crippen LogP contribution in [0, 0.1) is 0 Å². The van der Waals surface area contributed by atoms with Crippen LogP contribution < -0.4 is 25.7 Å². The summed E-state index contributed by atoms with van der Waals surface area (Å²) >= 11 is 0. The van der Waals surface area contributed by atoms with Crippen LogP contribution in [0.4, 0.5) is 10.5 Å². The van der Waals surface area contributed by atoms with Gasteiger partial charge in [-0.2, -0.15) is 5.10 Å². The first-order valence-electron chi connectivity index (χ1n) is 8.75. The number of hydrogen-bond donors (Lipinski definition) is 2. The maximum atomic E-state index is 12.0. The van der Waals surface area contributed by atoms with Crippen molar-refractivity contribution in [2.75, 3.05) is 18.7 Å². The number of benzene rings is 1. The molecule has 4 rings (SSSR count). The summed E-state index contributed by atoms with van der Waals surface area (Å²) in [6, 6.07) is 11.4. The summed E-state index contributed by atoms with van der Waals surface area (Å²) in [5.74, 6) is 1.84. The van der Waals surface area contributed by atoms with Crippen LogP contribution in [0.5, 0.6) is 11.5 Å². The highest BCUT2D eigenvalue weighted by molar-refractivity contribution is 5.89. The van der Waals surface area contributed by atoms with Gasteiger partial charge in [0.2, 0.25) is 6.79 Å². The summed E-state index contributed by atoms with van der Waals surface area (Å²) in [5, 5.41) is 9.76. The molecule has 0 atom stereocenters. The number of urea groups is 1. The fraction of sp³-hybridized carbons (Fsp3) is 0.211. The lowest BCUT2D eigenvalue weighted by Gasteiger charge is -2.09. The molecule has 0 spiro atoms. The van der Waals surface area contributed by atoms with Crippen LogP contribution in [0.3, 0.4) is 0 Å². The lowest BCUT2D eigenvalue weighted by Crippen LogP contribution is -2.31. The third-order valence-corrected chi connectivity index (χ3v) is 4.10. The summed E-state index contributed by atoms with van der Waals surface area (Å²) < 4.78 is 17.2. The van der Waals surface area contributed by atoms with Gasteiger partial charge in [-0.1, -0.05) is 0 Å². The minimum absolute atomic E-state index is 0.180. The topological polar surface area (TPSA) is 108 Å². The summed E-state index contributed by atoms with van der Waals surface area (Å²) in [6.07, 6.45) is 2.10. The van der Waals surface area contributed by atoms with E-state index in [-0.39, 0.29) is 18.4 Å². The van der Waals surface area contributed by atoms with Gasteiger partial charge in [0.05, 0.1) is 6.26 Å². The van der Waals surface area contributed by atoms with Crippen LogP contribution in [0.25, 0.3) is 11.5 Å². The third kappa shape index (κ3) is 3.98. The van der Waals surface area contributed by atoms with E-state index in [0.717, 1.165) is 0 Å². The van der Waals surface area contributed by atoms with Gasteiger partial charge in [-0.25, -0.2) is 9.48 Å². The van der Waals surface area contributed by atoms with Gasteiger partial charge in [-0.15, -0.1) is 0 Å². The van der Waals surface area contributed by atoms with Crippen molar-refractivity contribution in [3.63, 3.8) is 0 Å². The van der Waals surface area contributed by atoms with Gasteiger partial charge in [0.25, 0.3) is 5.56 Å². The number of ether oxygens (including phenoxy) is 2. The molecule has 0 aliphatic carbocycles. The van der Waals surface area contributed by atoms with E-state index in [2.05, 4.69) is 15.7 Å². The monoisotopic (exact) mass is 382 g/mol. The minimum atomic E-state index is -0.344. The number of carbonyl (C=O) groups is 1. The number of hydrogen-bond acceptors (Lipinski definition) is 6. The molecule has 2 amide bonds. The summed E-state index contributed by atoms with van der Waals surface area (Å²) in [5.41, 5.74) is 0.976. The molecule has 0 unspecified atom stereocenters. The Morgan fingerprint density at radius 1 is 1.14 bits per heavy atom. The van der Waals surface area contributed by atoms with E-state index >= 15 is 0 Å². The average Bonchev–Trinajstić information content (AvgIpc) is 3.38. The molecule has 0 fully saturated rings. The Kier molecular flexibility index (Phi) is 4.96. The predicted octanol–water partition coefficient (Wildman–Crippen LogP) is 2.44. The van der Waals surface area contributed by atoms with E-state index in [4.69, 9.17) is 13.9 Å². The van der Waals surface area contributed by atoms with Gasteiger partial charge in [-0.3, -0.25) is 4.79 Å². The van der Waals surface area contributed by atoms with Crippen LogP contribution in [0.2, 0.25) is 0 Å². The Balaban J connectivity index is 1.27. The molecule has 3 aromatic rings. The molecular weight excluding hydrogens is 364 g/mol. The van der Waals surface area contributed by atoms with E-state index < -0.39 is 0 Å². The quantitative estimate of drug-likeness (QED) is 0.634. The zero-order valence-electron chi connectivity index (χ0n) is 14.9. The average molecular weight is 382 g/mol. The number of furan rings is 1. The molecule has 1 aliphatic heterocycles. The van der Waals surface area contributed by atoms with E-state index in [1.165, 1.54) is 10.7 Å². The van der Waals surface area contributed by atoms with Crippen LogP contribution in [0.1, 0.15) is 6.42 Å². The van der Waals surface area contributed by atoms with Crippen LogP contribution in [-0.4, -0.2) is 29.1 Å². The molecule has 0 bridgehead atoms. The number of anilines is 1. The molecule has 2 N–H and O–H groups in total. The van der Waals surface area contributed by atoms with Crippen LogP contribution in [-0.2, 0) is 6.54 Å². The number of amides is 2. The van der Waals surface area contributed by atoms with E-state index in [0.29, 0.717) is 48.2 Å². The lowest BCUT2D eigenvalue weighted by atomic mass is 10.3. The Bertz CT molecular complexity index is 1030. The number of carbonyl (C=O) groups excluding carboxylic acids is 1. The number of aromatic nitrogens is 2. The van der Waals surface area contributed by atoms with Crippen molar-refractivity contribution in [2.45, 2.75) is 13.0 Å².